The Balaban J connectivity index is 1.88. The van der Waals surface area contributed by atoms with Crippen LogP contribution in [0.2, 0.25) is 0 Å². The van der Waals surface area contributed by atoms with E-state index in [4.69, 9.17) is 9.47 Å². The first-order valence-electron chi connectivity index (χ1n) is 9.53. The highest BCUT2D eigenvalue weighted by atomic mass is 79.9. The molecule has 2 unspecified atom stereocenters. The summed E-state index contributed by atoms with van der Waals surface area (Å²) >= 11 is 4.89. The molecule has 31 heavy (non-hydrogen) atoms. The first-order chi connectivity index (χ1) is 14.5. The summed E-state index contributed by atoms with van der Waals surface area (Å²) in [4.78, 5) is 12.8. The molecule has 0 spiro atoms. The first-order valence-corrected chi connectivity index (χ1v) is 11.2. The van der Waals surface area contributed by atoms with Gasteiger partial charge in [0.15, 0.2) is 0 Å². The molecule has 0 aliphatic rings. The molecule has 0 amide bonds. The van der Waals surface area contributed by atoms with Gasteiger partial charge in [0.25, 0.3) is 0 Å². The molecule has 2 atom stereocenters. The fraction of sp³-hybridized carbons (Fsp3) is 0.409. The van der Waals surface area contributed by atoms with Crippen molar-refractivity contribution in [1.29, 1.82) is 0 Å². The number of alkyl halides is 3. The lowest BCUT2D eigenvalue weighted by molar-refractivity contribution is -0.274. The van der Waals surface area contributed by atoms with Crippen molar-refractivity contribution in [2.45, 2.75) is 49.6 Å². The van der Waals surface area contributed by atoms with E-state index in [2.05, 4.69) is 27.6 Å². The molecule has 2 aromatic rings. The molecular weight excluding hydrogens is 497 g/mol. The molecule has 0 saturated carbocycles. The Morgan fingerprint density at radius 3 is 2.45 bits per heavy atom. The van der Waals surface area contributed by atoms with E-state index in [1.54, 1.807) is 11.8 Å². The van der Waals surface area contributed by atoms with Crippen molar-refractivity contribution in [3.05, 3.63) is 52.0 Å². The summed E-state index contributed by atoms with van der Waals surface area (Å²) in [6.45, 7) is 6.27. The molecule has 0 saturated heterocycles. The minimum absolute atomic E-state index is 0.245. The maximum Gasteiger partial charge on any atom is 0.573 e. The number of benzene rings is 2. The lowest BCUT2D eigenvalue weighted by Gasteiger charge is -2.16. The Hall–Kier alpha value is -1.87. The Bertz CT molecular complexity index is 905. The van der Waals surface area contributed by atoms with Crippen molar-refractivity contribution in [1.82, 2.24) is 0 Å². The summed E-state index contributed by atoms with van der Waals surface area (Å²) < 4.78 is 51.7. The van der Waals surface area contributed by atoms with Gasteiger partial charge in [0.05, 0.1) is 24.1 Å². The Morgan fingerprint density at radius 2 is 1.87 bits per heavy atom. The van der Waals surface area contributed by atoms with Crippen molar-refractivity contribution >= 4 is 33.7 Å². The molecule has 0 aliphatic heterocycles. The Kier molecular flexibility index (Phi) is 9.12. The predicted octanol–water partition coefficient (Wildman–Crippen LogP) is 6.88. The fourth-order valence-electron chi connectivity index (χ4n) is 2.93. The van der Waals surface area contributed by atoms with Gasteiger partial charge in [0.1, 0.15) is 11.5 Å². The van der Waals surface area contributed by atoms with Gasteiger partial charge in [-0.1, -0.05) is 13.0 Å². The van der Waals surface area contributed by atoms with Gasteiger partial charge < -0.3 is 14.2 Å². The average Bonchev–Trinajstić information content (AvgIpc) is 2.67. The van der Waals surface area contributed by atoms with Crippen LogP contribution in [0.25, 0.3) is 0 Å². The molecule has 2 rings (SSSR count). The monoisotopic (exact) mass is 520 g/mol. The summed E-state index contributed by atoms with van der Waals surface area (Å²) in [6.07, 6.45) is -4.00. The molecule has 9 heteroatoms. The number of hydrogen-bond acceptors (Lipinski definition) is 5. The van der Waals surface area contributed by atoms with Crippen LogP contribution in [0.1, 0.15) is 37.3 Å². The number of carbonyl (C=O) groups is 1. The molecule has 0 aliphatic carbocycles. The van der Waals surface area contributed by atoms with Gasteiger partial charge >= 0.3 is 12.3 Å². The van der Waals surface area contributed by atoms with Gasteiger partial charge in [-0.25, -0.2) is 0 Å². The summed E-state index contributed by atoms with van der Waals surface area (Å²) in [7, 11) is 1.38. The Morgan fingerprint density at radius 1 is 1.16 bits per heavy atom. The number of hydrogen-bond donors (Lipinski definition) is 0. The van der Waals surface area contributed by atoms with Crippen LogP contribution in [0.3, 0.4) is 0 Å². The molecule has 0 bridgehead atoms. The second-order valence-corrected chi connectivity index (χ2v) is 9.34. The predicted molar refractivity (Wildman–Crippen MR) is 118 cm³/mol. The zero-order valence-electron chi connectivity index (χ0n) is 17.6. The number of thioether (sulfide) groups is 1. The van der Waals surface area contributed by atoms with Crippen LogP contribution in [0.4, 0.5) is 13.2 Å². The summed E-state index contributed by atoms with van der Waals surface area (Å²) in [6, 6.07) is 9.86. The van der Waals surface area contributed by atoms with E-state index in [0.717, 1.165) is 22.4 Å². The number of rotatable bonds is 9. The van der Waals surface area contributed by atoms with Gasteiger partial charge in [0, 0.05) is 10.1 Å². The van der Waals surface area contributed by atoms with Crippen LogP contribution >= 0.6 is 27.7 Å². The number of aryl methyl sites for hydroxylation is 1. The van der Waals surface area contributed by atoms with Gasteiger partial charge in [-0.3, -0.25) is 4.79 Å². The molecule has 0 fully saturated rings. The molecule has 0 radical (unpaired) electrons. The number of esters is 1. The topological polar surface area (TPSA) is 44.8 Å². The lowest BCUT2D eigenvalue weighted by Crippen LogP contribution is -2.17. The molecule has 2 aromatic carbocycles. The van der Waals surface area contributed by atoms with Crippen molar-refractivity contribution in [3.8, 4) is 11.5 Å². The third-order valence-electron chi connectivity index (χ3n) is 4.52. The summed E-state index contributed by atoms with van der Waals surface area (Å²) in [5.74, 6) is -0.445. The van der Waals surface area contributed by atoms with E-state index in [1.165, 1.54) is 25.3 Å². The fourth-order valence-corrected chi connectivity index (χ4v) is 4.48. The standard InChI is InChI=1S/C22H24BrF3O4S/c1-13-11-17(6-7-18(13)15(3)21(27)28-4)31-14(2)9-10-29-20-8-5-16(12-19(20)23)30-22(24,25)26/h5-8,11-12,14-15H,9-10H2,1-4H3. The zero-order chi connectivity index (χ0) is 23.2. The number of halogens is 4. The molecular formula is C22H24BrF3O4S. The largest absolute Gasteiger partial charge is 0.573 e. The molecule has 4 nitrogen and oxygen atoms in total. The average molecular weight is 521 g/mol. The number of methoxy groups -OCH3 is 1. The van der Waals surface area contributed by atoms with Gasteiger partial charge in [0.2, 0.25) is 0 Å². The van der Waals surface area contributed by atoms with Crippen LogP contribution in [0, 0.1) is 6.92 Å². The van der Waals surface area contributed by atoms with Crippen molar-refractivity contribution in [2.75, 3.05) is 13.7 Å². The van der Waals surface area contributed by atoms with E-state index in [0.29, 0.717) is 16.8 Å². The second-order valence-electron chi connectivity index (χ2n) is 6.97. The number of ether oxygens (including phenoxy) is 3. The van der Waals surface area contributed by atoms with E-state index in [9.17, 15) is 18.0 Å². The van der Waals surface area contributed by atoms with Crippen LogP contribution in [-0.2, 0) is 9.53 Å². The maximum absolute atomic E-state index is 12.3. The van der Waals surface area contributed by atoms with Gasteiger partial charge in [-0.15, -0.1) is 24.9 Å². The minimum Gasteiger partial charge on any atom is -0.492 e. The lowest BCUT2D eigenvalue weighted by atomic mass is 9.97. The summed E-state index contributed by atoms with van der Waals surface area (Å²) in [5, 5.41) is 0.245. The van der Waals surface area contributed by atoms with Crippen LogP contribution in [-0.4, -0.2) is 31.3 Å². The van der Waals surface area contributed by atoms with Crippen LogP contribution in [0.15, 0.2) is 45.8 Å². The molecule has 0 aromatic heterocycles. The zero-order valence-corrected chi connectivity index (χ0v) is 20.0. The first kappa shape index (κ1) is 25.4. The normalized spacial score (nSPS) is 13.4. The smallest absolute Gasteiger partial charge is 0.492 e. The Labute approximate surface area is 192 Å². The third-order valence-corrected chi connectivity index (χ3v) is 6.30. The highest BCUT2D eigenvalue weighted by Crippen LogP contribution is 2.33. The highest BCUT2D eigenvalue weighted by molar-refractivity contribution is 9.10. The quantitative estimate of drug-likeness (QED) is 0.266. The van der Waals surface area contributed by atoms with Crippen LogP contribution < -0.4 is 9.47 Å². The van der Waals surface area contributed by atoms with Gasteiger partial charge in [-0.2, -0.15) is 0 Å². The van der Waals surface area contributed by atoms with E-state index < -0.39 is 6.36 Å². The van der Waals surface area contributed by atoms with Crippen LogP contribution in [0.5, 0.6) is 11.5 Å². The minimum atomic E-state index is -4.73. The second kappa shape index (κ2) is 11.1. The number of carbonyl (C=O) groups excluding carboxylic acids is 1. The van der Waals surface area contributed by atoms with Crippen molar-refractivity contribution < 1.29 is 32.2 Å². The molecule has 0 N–H and O–H groups in total. The van der Waals surface area contributed by atoms with Crippen molar-refractivity contribution in [2.24, 2.45) is 0 Å². The summed E-state index contributed by atoms with van der Waals surface area (Å²) in [5.41, 5.74) is 1.96. The van der Waals surface area contributed by atoms with Crippen molar-refractivity contribution in [3.63, 3.8) is 0 Å². The van der Waals surface area contributed by atoms with E-state index >= 15 is 0 Å². The van der Waals surface area contributed by atoms with E-state index in [1.807, 2.05) is 32.0 Å². The molecule has 170 valence electrons. The molecule has 0 heterocycles. The SMILES string of the molecule is COC(=O)C(C)c1ccc(SC(C)CCOc2ccc(OC(F)(F)F)cc2Br)cc1C. The maximum atomic E-state index is 12.3. The highest BCUT2D eigenvalue weighted by Gasteiger charge is 2.31. The van der Waals surface area contributed by atoms with Gasteiger partial charge in [-0.05, 0) is 77.7 Å². The third kappa shape index (κ3) is 7.96. The van der Waals surface area contributed by atoms with E-state index in [-0.39, 0.29) is 22.9 Å².